The Hall–Kier alpha value is -0.810. The molecule has 2 rings (SSSR count). The molecule has 2 aromatic heterocycles. The lowest BCUT2D eigenvalue weighted by atomic mass is 10.5. The Bertz CT molecular complexity index is 472. The Morgan fingerprint density at radius 2 is 2.50 bits per heavy atom. The Morgan fingerprint density at radius 3 is 3.14 bits per heavy atom. The number of aromatic nitrogens is 2. The topological polar surface area (TPSA) is 34.4 Å². The largest absolute Gasteiger partial charge is 0.296 e. The second kappa shape index (κ2) is 3.74. The fourth-order valence-corrected chi connectivity index (χ4v) is 2.99. The summed E-state index contributed by atoms with van der Waals surface area (Å²) in [6.45, 7) is 4.04. The third-order valence-corrected chi connectivity index (χ3v) is 3.73. The number of hydrogen-bond donors (Lipinski definition) is 0. The second-order valence-corrected chi connectivity index (χ2v) is 4.94. The molecule has 3 nitrogen and oxygen atoms in total. The van der Waals surface area contributed by atoms with Crippen molar-refractivity contribution in [3.63, 3.8) is 0 Å². The van der Waals surface area contributed by atoms with Gasteiger partial charge >= 0.3 is 0 Å². The average Bonchev–Trinajstić information content (AvgIpc) is 2.67. The van der Waals surface area contributed by atoms with Gasteiger partial charge in [-0.1, -0.05) is 6.92 Å². The average molecular weight is 226 g/mol. The predicted octanol–water partition coefficient (Wildman–Crippen LogP) is 2.63. The lowest BCUT2D eigenvalue weighted by Gasteiger charge is -1.94. The van der Waals surface area contributed by atoms with Gasteiger partial charge in [-0.2, -0.15) is 0 Å². The Labute approximate surface area is 90.2 Å². The van der Waals surface area contributed by atoms with Crippen molar-refractivity contribution in [2.45, 2.75) is 18.9 Å². The summed E-state index contributed by atoms with van der Waals surface area (Å²) in [7, 11) is 0. The molecule has 0 aliphatic carbocycles. The first-order valence-corrected chi connectivity index (χ1v) is 6.19. The van der Waals surface area contributed by atoms with Crippen molar-refractivity contribution < 1.29 is 4.79 Å². The number of rotatable bonds is 3. The molecule has 0 aliphatic rings. The standard InChI is InChI=1S/C9H10N2OS2/c1-3-13-8-7(4-12)11-6(2)5-14-9(11)10-8/h4-5H,3H2,1-2H3. The summed E-state index contributed by atoms with van der Waals surface area (Å²) in [5, 5.41) is 2.85. The number of nitrogens with zero attached hydrogens (tertiary/aromatic N) is 2. The highest BCUT2D eigenvalue weighted by atomic mass is 32.2. The van der Waals surface area contributed by atoms with E-state index < -0.39 is 0 Å². The van der Waals surface area contributed by atoms with E-state index in [1.807, 2.05) is 16.7 Å². The van der Waals surface area contributed by atoms with Gasteiger partial charge in [0.1, 0.15) is 10.7 Å². The molecule has 0 radical (unpaired) electrons. The van der Waals surface area contributed by atoms with E-state index in [9.17, 15) is 4.79 Å². The third-order valence-electron chi connectivity index (χ3n) is 1.93. The van der Waals surface area contributed by atoms with Crippen LogP contribution in [-0.2, 0) is 0 Å². The predicted molar refractivity (Wildman–Crippen MR) is 59.6 cm³/mol. The monoisotopic (exact) mass is 226 g/mol. The van der Waals surface area contributed by atoms with Crippen molar-refractivity contribution in [1.29, 1.82) is 0 Å². The lowest BCUT2D eigenvalue weighted by Crippen LogP contribution is -1.92. The molecule has 0 spiro atoms. The first-order valence-electron chi connectivity index (χ1n) is 4.32. The van der Waals surface area contributed by atoms with Crippen LogP contribution in [0.5, 0.6) is 0 Å². The number of aryl methyl sites for hydroxylation is 1. The molecule has 0 saturated carbocycles. The van der Waals surface area contributed by atoms with Crippen molar-refractivity contribution in [2.75, 3.05) is 5.75 Å². The number of thioether (sulfide) groups is 1. The quantitative estimate of drug-likeness (QED) is 0.596. The van der Waals surface area contributed by atoms with E-state index in [1.165, 1.54) is 0 Å². The molecular formula is C9H10N2OS2. The maximum Gasteiger partial charge on any atom is 0.195 e. The minimum Gasteiger partial charge on any atom is -0.296 e. The third kappa shape index (κ3) is 1.36. The summed E-state index contributed by atoms with van der Waals surface area (Å²) in [6, 6.07) is 0. The summed E-state index contributed by atoms with van der Waals surface area (Å²) in [5.41, 5.74) is 1.76. The molecule has 14 heavy (non-hydrogen) atoms. The van der Waals surface area contributed by atoms with Crippen molar-refractivity contribution >= 4 is 34.3 Å². The molecule has 2 aromatic rings. The molecule has 74 valence electrons. The van der Waals surface area contributed by atoms with Crippen molar-refractivity contribution in [1.82, 2.24) is 9.38 Å². The first kappa shape index (κ1) is 9.73. The van der Waals surface area contributed by atoms with Crippen LogP contribution in [0.1, 0.15) is 23.1 Å². The summed E-state index contributed by atoms with van der Waals surface area (Å²) in [6.07, 6.45) is 0.887. The van der Waals surface area contributed by atoms with Crippen LogP contribution in [0.25, 0.3) is 4.96 Å². The highest BCUT2D eigenvalue weighted by Gasteiger charge is 2.13. The van der Waals surface area contributed by atoms with E-state index in [0.717, 1.165) is 27.7 Å². The van der Waals surface area contributed by atoms with Gasteiger partial charge in [-0.05, 0) is 12.7 Å². The highest BCUT2D eigenvalue weighted by Crippen LogP contribution is 2.26. The minimum atomic E-state index is 0.686. The first-order chi connectivity index (χ1) is 6.77. The Kier molecular flexibility index (Phi) is 2.60. The molecule has 5 heteroatoms. The van der Waals surface area contributed by atoms with E-state index in [0.29, 0.717) is 5.69 Å². The number of carbonyl (C=O) groups excluding carboxylic acids is 1. The smallest absolute Gasteiger partial charge is 0.195 e. The zero-order valence-corrected chi connectivity index (χ0v) is 9.61. The van der Waals surface area contributed by atoms with Crippen LogP contribution in [0.2, 0.25) is 0 Å². The molecule has 0 unspecified atom stereocenters. The number of hydrogen-bond acceptors (Lipinski definition) is 4. The van der Waals surface area contributed by atoms with Gasteiger partial charge < -0.3 is 0 Å². The van der Waals surface area contributed by atoms with Crippen LogP contribution in [-0.4, -0.2) is 21.4 Å². The van der Waals surface area contributed by atoms with E-state index in [-0.39, 0.29) is 0 Å². The summed E-state index contributed by atoms with van der Waals surface area (Å²) < 4.78 is 1.91. The van der Waals surface area contributed by atoms with Gasteiger partial charge in [0.15, 0.2) is 11.2 Å². The van der Waals surface area contributed by atoms with Gasteiger partial charge in [0.2, 0.25) is 0 Å². The van der Waals surface area contributed by atoms with E-state index >= 15 is 0 Å². The molecule has 0 atom stereocenters. The van der Waals surface area contributed by atoms with E-state index in [4.69, 9.17) is 0 Å². The molecule has 0 bridgehead atoms. The van der Waals surface area contributed by atoms with Gasteiger partial charge in [-0.3, -0.25) is 9.20 Å². The van der Waals surface area contributed by atoms with Crippen molar-refractivity contribution in [3.8, 4) is 0 Å². The maximum absolute atomic E-state index is 11.0. The summed E-state index contributed by atoms with van der Waals surface area (Å²) in [5.74, 6) is 0.935. The van der Waals surface area contributed by atoms with Crippen LogP contribution >= 0.6 is 23.1 Å². The molecular weight excluding hydrogens is 216 g/mol. The fourth-order valence-electron chi connectivity index (χ4n) is 1.35. The van der Waals surface area contributed by atoms with Crippen LogP contribution in [0.15, 0.2) is 10.4 Å². The van der Waals surface area contributed by atoms with E-state index in [1.54, 1.807) is 23.1 Å². The SMILES string of the molecule is CCSc1nc2scc(C)n2c1C=O. The number of carbonyl (C=O) groups is 1. The zero-order valence-electron chi connectivity index (χ0n) is 7.98. The van der Waals surface area contributed by atoms with Crippen LogP contribution in [0.3, 0.4) is 0 Å². The van der Waals surface area contributed by atoms with E-state index in [2.05, 4.69) is 11.9 Å². The number of thiazole rings is 1. The Balaban J connectivity index is 2.67. The van der Waals surface area contributed by atoms with Crippen molar-refractivity contribution in [3.05, 3.63) is 16.8 Å². The summed E-state index contributed by atoms with van der Waals surface area (Å²) in [4.78, 5) is 16.3. The van der Waals surface area contributed by atoms with Crippen LogP contribution in [0, 0.1) is 6.92 Å². The van der Waals surface area contributed by atoms with Crippen LogP contribution in [0.4, 0.5) is 0 Å². The maximum atomic E-state index is 11.0. The minimum absolute atomic E-state index is 0.686. The van der Waals surface area contributed by atoms with Gasteiger partial charge in [0.05, 0.1) is 0 Å². The number of fused-ring (bicyclic) bond motifs is 1. The second-order valence-electron chi connectivity index (χ2n) is 2.85. The number of imidazole rings is 1. The normalized spacial score (nSPS) is 11.0. The molecule has 0 aromatic carbocycles. The van der Waals surface area contributed by atoms with Gasteiger partial charge in [-0.25, -0.2) is 4.98 Å². The summed E-state index contributed by atoms with van der Waals surface area (Å²) >= 11 is 3.18. The molecule has 0 saturated heterocycles. The van der Waals surface area contributed by atoms with Crippen LogP contribution < -0.4 is 0 Å². The van der Waals surface area contributed by atoms with Gasteiger partial charge in [0.25, 0.3) is 0 Å². The lowest BCUT2D eigenvalue weighted by molar-refractivity contribution is 0.111. The van der Waals surface area contributed by atoms with Gasteiger partial charge in [0, 0.05) is 11.1 Å². The van der Waals surface area contributed by atoms with Gasteiger partial charge in [-0.15, -0.1) is 23.1 Å². The highest BCUT2D eigenvalue weighted by molar-refractivity contribution is 7.99. The molecule has 0 aliphatic heterocycles. The molecule has 0 N–H and O–H groups in total. The Morgan fingerprint density at radius 1 is 1.71 bits per heavy atom. The number of aldehydes is 1. The molecule has 0 amide bonds. The zero-order chi connectivity index (χ0) is 10.1. The molecule has 0 fully saturated rings. The fraction of sp³-hybridized carbons (Fsp3) is 0.333. The van der Waals surface area contributed by atoms with Crippen molar-refractivity contribution in [2.24, 2.45) is 0 Å². The molecule has 2 heterocycles.